The van der Waals surface area contributed by atoms with Gasteiger partial charge in [-0.2, -0.15) is 0 Å². The molecular weight excluding hydrogens is 292 g/mol. The zero-order valence-corrected chi connectivity index (χ0v) is 13.6. The van der Waals surface area contributed by atoms with Gasteiger partial charge in [-0.1, -0.05) is 6.92 Å². The highest BCUT2D eigenvalue weighted by molar-refractivity contribution is 5.94. The number of likely N-dealkylation sites (tertiary alicyclic amines) is 1. The molecule has 1 amide bonds. The minimum absolute atomic E-state index is 0.0885. The molecule has 122 valence electrons. The van der Waals surface area contributed by atoms with E-state index in [2.05, 4.69) is 21.7 Å². The number of aromatic nitrogens is 3. The van der Waals surface area contributed by atoms with E-state index in [0.29, 0.717) is 11.6 Å². The molecule has 6 heteroatoms. The van der Waals surface area contributed by atoms with Crippen molar-refractivity contribution in [2.75, 3.05) is 20.2 Å². The molecule has 1 aliphatic rings. The van der Waals surface area contributed by atoms with Gasteiger partial charge in [0.25, 0.3) is 5.91 Å². The maximum atomic E-state index is 12.6. The van der Waals surface area contributed by atoms with Crippen LogP contribution < -0.4 is 4.74 Å². The van der Waals surface area contributed by atoms with E-state index in [9.17, 15) is 4.79 Å². The lowest BCUT2D eigenvalue weighted by molar-refractivity contribution is 0.0693. The Morgan fingerprint density at radius 2 is 1.96 bits per heavy atom. The van der Waals surface area contributed by atoms with Gasteiger partial charge in [0.1, 0.15) is 17.9 Å². The summed E-state index contributed by atoms with van der Waals surface area (Å²) in [4.78, 5) is 14.5. The summed E-state index contributed by atoms with van der Waals surface area (Å²) >= 11 is 0. The molecule has 2 heterocycles. The zero-order valence-electron chi connectivity index (χ0n) is 13.6. The lowest BCUT2D eigenvalue weighted by Crippen LogP contribution is -2.39. The summed E-state index contributed by atoms with van der Waals surface area (Å²) < 4.78 is 7.29. The second-order valence-electron chi connectivity index (χ2n) is 5.76. The molecule has 0 saturated carbocycles. The number of aryl methyl sites for hydroxylation is 1. The van der Waals surface area contributed by atoms with Crippen LogP contribution in [0.3, 0.4) is 0 Å². The van der Waals surface area contributed by atoms with E-state index in [1.807, 2.05) is 35.5 Å². The topological polar surface area (TPSA) is 60.2 Å². The average molecular weight is 314 g/mol. The van der Waals surface area contributed by atoms with Gasteiger partial charge in [0.05, 0.1) is 7.11 Å². The predicted molar refractivity (Wildman–Crippen MR) is 86.6 cm³/mol. The Kier molecular flexibility index (Phi) is 4.60. The van der Waals surface area contributed by atoms with Crippen molar-refractivity contribution in [1.29, 1.82) is 0 Å². The highest BCUT2D eigenvalue weighted by Gasteiger charge is 2.25. The lowest BCUT2D eigenvalue weighted by atomic mass is 10.0. The number of nitrogens with zero attached hydrogens (tertiary/aromatic N) is 4. The van der Waals surface area contributed by atoms with Gasteiger partial charge in [-0.05, 0) is 37.1 Å². The van der Waals surface area contributed by atoms with Crippen molar-refractivity contribution >= 4 is 5.91 Å². The molecule has 0 radical (unpaired) electrons. The van der Waals surface area contributed by atoms with Gasteiger partial charge >= 0.3 is 0 Å². The molecule has 0 spiro atoms. The zero-order chi connectivity index (χ0) is 16.2. The molecule has 1 saturated heterocycles. The van der Waals surface area contributed by atoms with Crippen LogP contribution in [-0.2, 0) is 6.42 Å². The van der Waals surface area contributed by atoms with E-state index < -0.39 is 0 Å². The highest BCUT2D eigenvalue weighted by atomic mass is 16.5. The molecular formula is C17H22N4O2. The fourth-order valence-corrected chi connectivity index (χ4v) is 3.09. The maximum absolute atomic E-state index is 12.6. The highest BCUT2D eigenvalue weighted by Crippen LogP contribution is 2.25. The summed E-state index contributed by atoms with van der Waals surface area (Å²) in [5.74, 6) is 1.87. The van der Waals surface area contributed by atoms with Crippen molar-refractivity contribution in [3.63, 3.8) is 0 Å². The first-order valence-corrected chi connectivity index (χ1v) is 8.04. The van der Waals surface area contributed by atoms with E-state index in [4.69, 9.17) is 4.74 Å². The third-order valence-corrected chi connectivity index (χ3v) is 4.45. The fourth-order valence-electron chi connectivity index (χ4n) is 3.09. The largest absolute Gasteiger partial charge is 0.497 e. The van der Waals surface area contributed by atoms with E-state index in [-0.39, 0.29) is 5.91 Å². The molecule has 0 unspecified atom stereocenters. The Hall–Kier alpha value is -2.37. The Balaban J connectivity index is 1.63. The molecule has 1 fully saturated rings. The average Bonchev–Trinajstić information content (AvgIpc) is 3.10. The van der Waals surface area contributed by atoms with Crippen LogP contribution >= 0.6 is 0 Å². The second kappa shape index (κ2) is 6.81. The minimum Gasteiger partial charge on any atom is -0.497 e. The fraction of sp³-hybridized carbons (Fsp3) is 0.471. The van der Waals surface area contributed by atoms with Crippen LogP contribution in [0.25, 0.3) is 0 Å². The third kappa shape index (κ3) is 3.21. The van der Waals surface area contributed by atoms with Gasteiger partial charge in [-0.25, -0.2) is 0 Å². The molecule has 0 N–H and O–H groups in total. The van der Waals surface area contributed by atoms with Crippen molar-refractivity contribution in [3.8, 4) is 5.75 Å². The van der Waals surface area contributed by atoms with E-state index in [1.165, 1.54) is 0 Å². The summed E-state index contributed by atoms with van der Waals surface area (Å²) in [7, 11) is 1.62. The summed E-state index contributed by atoms with van der Waals surface area (Å²) in [5, 5.41) is 8.16. The normalized spacial score (nSPS) is 15.7. The van der Waals surface area contributed by atoms with Gasteiger partial charge < -0.3 is 14.2 Å². The van der Waals surface area contributed by atoms with Crippen LogP contribution in [0, 0.1) is 0 Å². The first kappa shape index (κ1) is 15.5. The van der Waals surface area contributed by atoms with Crippen molar-refractivity contribution < 1.29 is 9.53 Å². The summed E-state index contributed by atoms with van der Waals surface area (Å²) in [6.07, 6.45) is 4.56. The number of piperidine rings is 1. The Bertz CT molecular complexity index is 657. The Morgan fingerprint density at radius 3 is 2.57 bits per heavy atom. The van der Waals surface area contributed by atoms with Crippen LogP contribution in [0.5, 0.6) is 5.75 Å². The number of hydrogen-bond acceptors (Lipinski definition) is 4. The van der Waals surface area contributed by atoms with E-state index >= 15 is 0 Å². The molecule has 1 aromatic heterocycles. The van der Waals surface area contributed by atoms with Crippen molar-refractivity contribution in [2.45, 2.75) is 32.2 Å². The van der Waals surface area contributed by atoms with Crippen molar-refractivity contribution in [2.24, 2.45) is 0 Å². The number of hydrogen-bond donors (Lipinski definition) is 0. The summed E-state index contributed by atoms with van der Waals surface area (Å²) in [6, 6.07) is 7.68. The number of amides is 1. The third-order valence-electron chi connectivity index (χ3n) is 4.45. The van der Waals surface area contributed by atoms with E-state index in [0.717, 1.165) is 43.9 Å². The van der Waals surface area contributed by atoms with Gasteiger partial charge in [-0.3, -0.25) is 4.79 Å². The maximum Gasteiger partial charge on any atom is 0.253 e. The van der Waals surface area contributed by atoms with E-state index in [1.54, 1.807) is 7.11 Å². The second-order valence-corrected chi connectivity index (χ2v) is 5.76. The van der Waals surface area contributed by atoms with Crippen molar-refractivity contribution in [3.05, 3.63) is 42.0 Å². The van der Waals surface area contributed by atoms with Crippen LogP contribution in [-0.4, -0.2) is 45.8 Å². The van der Waals surface area contributed by atoms with Crippen LogP contribution in [0.1, 0.15) is 42.0 Å². The molecule has 1 aliphatic heterocycles. The van der Waals surface area contributed by atoms with Gasteiger partial charge in [-0.15, -0.1) is 10.2 Å². The molecule has 6 nitrogen and oxygen atoms in total. The van der Waals surface area contributed by atoms with Crippen LogP contribution in [0.2, 0.25) is 0 Å². The quantitative estimate of drug-likeness (QED) is 0.869. The number of carbonyl (C=O) groups excluding carboxylic acids is 1. The molecule has 0 bridgehead atoms. The number of ether oxygens (including phenoxy) is 1. The monoisotopic (exact) mass is 314 g/mol. The Labute approximate surface area is 136 Å². The molecule has 1 aromatic carbocycles. The first-order chi connectivity index (χ1) is 11.2. The van der Waals surface area contributed by atoms with Crippen LogP contribution in [0.15, 0.2) is 30.6 Å². The smallest absolute Gasteiger partial charge is 0.253 e. The molecule has 0 aliphatic carbocycles. The number of methoxy groups -OCH3 is 1. The SMILES string of the molecule is CCc1nncn1C1CCN(C(=O)c2ccc(OC)cc2)CC1. The summed E-state index contributed by atoms with van der Waals surface area (Å²) in [6.45, 7) is 3.61. The standard InChI is InChI=1S/C17H22N4O2/c1-3-16-19-18-12-21(16)14-8-10-20(11-9-14)17(22)13-4-6-15(23-2)7-5-13/h4-7,12,14H,3,8-11H2,1-2H3. The molecule has 3 rings (SSSR count). The molecule has 23 heavy (non-hydrogen) atoms. The lowest BCUT2D eigenvalue weighted by Gasteiger charge is -2.33. The first-order valence-electron chi connectivity index (χ1n) is 8.04. The molecule has 2 aromatic rings. The number of carbonyl (C=O) groups is 1. The number of rotatable bonds is 4. The van der Waals surface area contributed by atoms with Gasteiger partial charge in [0, 0.05) is 31.1 Å². The minimum atomic E-state index is 0.0885. The molecule has 0 atom stereocenters. The summed E-state index contributed by atoms with van der Waals surface area (Å²) in [5.41, 5.74) is 0.711. The van der Waals surface area contributed by atoms with Gasteiger partial charge in [0.2, 0.25) is 0 Å². The van der Waals surface area contributed by atoms with Gasteiger partial charge in [0.15, 0.2) is 0 Å². The number of benzene rings is 1. The van der Waals surface area contributed by atoms with Crippen molar-refractivity contribution in [1.82, 2.24) is 19.7 Å². The predicted octanol–water partition coefficient (Wildman–Crippen LogP) is 2.33. The Morgan fingerprint density at radius 1 is 1.26 bits per heavy atom. The van der Waals surface area contributed by atoms with Crippen LogP contribution in [0.4, 0.5) is 0 Å².